The number of hydrogen-bond acceptors (Lipinski definition) is 3. The lowest BCUT2D eigenvalue weighted by Gasteiger charge is -2.29. The highest BCUT2D eigenvalue weighted by atomic mass is 16.5. The van der Waals surface area contributed by atoms with E-state index in [1.54, 1.807) is 0 Å². The molecule has 2 aromatic carbocycles. The molecule has 4 aromatic rings. The molecule has 1 N–H and O–H groups in total. The average Bonchev–Trinajstić information content (AvgIpc) is 3.15. The molecule has 1 aliphatic heterocycles. The zero-order chi connectivity index (χ0) is 17.5. The van der Waals surface area contributed by atoms with E-state index in [0.29, 0.717) is 5.52 Å². The lowest BCUT2D eigenvalue weighted by atomic mass is 10.1. The van der Waals surface area contributed by atoms with E-state index in [-0.39, 0.29) is 5.56 Å². The highest BCUT2D eigenvalue weighted by molar-refractivity contribution is 5.84. The summed E-state index contributed by atoms with van der Waals surface area (Å²) >= 11 is 0. The van der Waals surface area contributed by atoms with Crippen molar-refractivity contribution in [1.29, 1.82) is 0 Å². The standard InChI is InChI=1S/C21H19N3O2/c25-21-20-12-16(15-4-2-1-3-5-15)14-24(20)19-7-6-17(13-18(19)22-21)23-8-10-26-11-9-23/h1-7,12-14H,8-11H2,(H,22,25). The fourth-order valence-corrected chi connectivity index (χ4v) is 3.66. The summed E-state index contributed by atoms with van der Waals surface area (Å²) in [5.74, 6) is 0. The number of benzene rings is 2. The third-order valence-electron chi connectivity index (χ3n) is 5.02. The van der Waals surface area contributed by atoms with Gasteiger partial charge in [-0.1, -0.05) is 30.3 Å². The fourth-order valence-electron chi connectivity index (χ4n) is 3.66. The van der Waals surface area contributed by atoms with Gasteiger partial charge >= 0.3 is 0 Å². The Morgan fingerprint density at radius 1 is 0.885 bits per heavy atom. The lowest BCUT2D eigenvalue weighted by Crippen LogP contribution is -2.36. The van der Waals surface area contributed by atoms with Gasteiger partial charge in [-0.05, 0) is 29.8 Å². The molecule has 0 aliphatic carbocycles. The van der Waals surface area contributed by atoms with Gasteiger partial charge in [-0.15, -0.1) is 0 Å². The molecule has 130 valence electrons. The Balaban J connectivity index is 1.67. The van der Waals surface area contributed by atoms with Crippen LogP contribution in [0.4, 0.5) is 5.69 Å². The van der Waals surface area contributed by atoms with Crippen LogP contribution in [-0.2, 0) is 4.74 Å². The summed E-state index contributed by atoms with van der Waals surface area (Å²) in [4.78, 5) is 17.9. The number of nitrogens with one attached hydrogen (secondary N) is 1. The summed E-state index contributed by atoms with van der Waals surface area (Å²) in [6.07, 6.45) is 2.04. The summed E-state index contributed by atoms with van der Waals surface area (Å²) in [5.41, 5.74) is 5.70. The smallest absolute Gasteiger partial charge is 0.272 e. The van der Waals surface area contributed by atoms with Gasteiger partial charge in [0.05, 0.1) is 24.2 Å². The van der Waals surface area contributed by atoms with E-state index in [4.69, 9.17) is 4.74 Å². The molecular formula is C21H19N3O2. The van der Waals surface area contributed by atoms with Crippen molar-refractivity contribution in [1.82, 2.24) is 9.38 Å². The molecule has 1 saturated heterocycles. The second kappa shape index (κ2) is 6.04. The van der Waals surface area contributed by atoms with Gasteiger partial charge in [-0.2, -0.15) is 0 Å². The Hall–Kier alpha value is -3.05. The van der Waals surface area contributed by atoms with Crippen molar-refractivity contribution in [2.75, 3.05) is 31.2 Å². The minimum atomic E-state index is -0.0705. The molecule has 0 spiro atoms. The van der Waals surface area contributed by atoms with Crippen molar-refractivity contribution < 1.29 is 4.74 Å². The van der Waals surface area contributed by atoms with Crippen LogP contribution in [0.5, 0.6) is 0 Å². The molecule has 1 fully saturated rings. The number of aromatic amines is 1. The van der Waals surface area contributed by atoms with Crippen molar-refractivity contribution in [3.05, 3.63) is 71.1 Å². The largest absolute Gasteiger partial charge is 0.378 e. The number of hydrogen-bond donors (Lipinski definition) is 1. The molecule has 5 nitrogen and oxygen atoms in total. The van der Waals surface area contributed by atoms with Crippen molar-refractivity contribution in [2.24, 2.45) is 0 Å². The van der Waals surface area contributed by atoms with Crippen molar-refractivity contribution >= 4 is 22.2 Å². The van der Waals surface area contributed by atoms with Crippen LogP contribution in [0.2, 0.25) is 0 Å². The fraction of sp³-hybridized carbons (Fsp3) is 0.190. The second-order valence-electron chi connectivity index (χ2n) is 6.61. The van der Waals surface area contributed by atoms with Crippen LogP contribution in [0, 0.1) is 0 Å². The SMILES string of the molecule is O=c1[nH]c2cc(N3CCOCC3)ccc2n2cc(-c3ccccc3)cc12. The van der Waals surface area contributed by atoms with Crippen LogP contribution in [-0.4, -0.2) is 35.7 Å². The molecular weight excluding hydrogens is 326 g/mol. The molecule has 26 heavy (non-hydrogen) atoms. The highest BCUT2D eigenvalue weighted by Crippen LogP contribution is 2.26. The normalized spacial score (nSPS) is 15.0. The van der Waals surface area contributed by atoms with E-state index in [1.165, 1.54) is 0 Å². The number of fused-ring (bicyclic) bond motifs is 3. The first-order valence-electron chi connectivity index (χ1n) is 8.86. The summed E-state index contributed by atoms with van der Waals surface area (Å²) in [7, 11) is 0. The topological polar surface area (TPSA) is 49.7 Å². The molecule has 1 aliphatic rings. The van der Waals surface area contributed by atoms with Crippen molar-refractivity contribution in [3.8, 4) is 11.1 Å². The van der Waals surface area contributed by atoms with Gasteiger partial charge in [-0.25, -0.2) is 0 Å². The zero-order valence-corrected chi connectivity index (χ0v) is 14.3. The van der Waals surface area contributed by atoms with Crippen LogP contribution < -0.4 is 10.5 Å². The molecule has 3 heterocycles. The molecule has 0 radical (unpaired) electrons. The maximum atomic E-state index is 12.6. The molecule has 0 amide bonds. The van der Waals surface area contributed by atoms with E-state index < -0.39 is 0 Å². The van der Waals surface area contributed by atoms with Gasteiger partial charge in [-0.3, -0.25) is 4.79 Å². The minimum Gasteiger partial charge on any atom is -0.378 e. The first-order chi connectivity index (χ1) is 12.8. The average molecular weight is 345 g/mol. The van der Waals surface area contributed by atoms with Gasteiger partial charge in [0, 0.05) is 30.5 Å². The van der Waals surface area contributed by atoms with E-state index in [0.717, 1.165) is 54.2 Å². The summed E-state index contributed by atoms with van der Waals surface area (Å²) < 4.78 is 7.41. The molecule has 0 saturated carbocycles. The van der Waals surface area contributed by atoms with E-state index in [1.807, 2.05) is 34.9 Å². The first kappa shape index (κ1) is 15.2. The number of anilines is 1. The van der Waals surface area contributed by atoms with Crippen LogP contribution in [0.1, 0.15) is 0 Å². The Morgan fingerprint density at radius 2 is 1.69 bits per heavy atom. The molecule has 5 rings (SSSR count). The molecule has 0 atom stereocenters. The second-order valence-corrected chi connectivity index (χ2v) is 6.61. The number of rotatable bonds is 2. The van der Waals surface area contributed by atoms with Crippen LogP contribution >= 0.6 is 0 Å². The number of aromatic nitrogens is 2. The number of H-pyrrole nitrogens is 1. The van der Waals surface area contributed by atoms with Crippen LogP contribution in [0.3, 0.4) is 0 Å². The first-order valence-corrected chi connectivity index (χ1v) is 8.86. The number of morpholine rings is 1. The number of nitrogens with zero attached hydrogens (tertiary/aromatic N) is 2. The Labute approximate surface area is 150 Å². The summed E-state index contributed by atoms with van der Waals surface area (Å²) in [6.45, 7) is 3.23. The molecule has 2 aromatic heterocycles. The number of ether oxygens (including phenoxy) is 1. The highest BCUT2D eigenvalue weighted by Gasteiger charge is 2.14. The zero-order valence-electron chi connectivity index (χ0n) is 14.3. The maximum absolute atomic E-state index is 12.6. The van der Waals surface area contributed by atoms with Crippen LogP contribution in [0.25, 0.3) is 27.7 Å². The Bertz CT molecular complexity index is 1140. The van der Waals surface area contributed by atoms with Gasteiger partial charge in [0.25, 0.3) is 5.56 Å². The molecule has 0 unspecified atom stereocenters. The van der Waals surface area contributed by atoms with Gasteiger partial charge < -0.3 is 19.0 Å². The Kier molecular flexibility index (Phi) is 3.53. The van der Waals surface area contributed by atoms with E-state index in [2.05, 4.69) is 40.2 Å². The summed E-state index contributed by atoms with van der Waals surface area (Å²) in [5, 5.41) is 0. The molecule has 0 bridgehead atoms. The van der Waals surface area contributed by atoms with E-state index in [9.17, 15) is 4.79 Å². The van der Waals surface area contributed by atoms with Gasteiger partial charge in [0.1, 0.15) is 5.52 Å². The van der Waals surface area contributed by atoms with Crippen molar-refractivity contribution in [3.63, 3.8) is 0 Å². The molecule has 5 heteroatoms. The van der Waals surface area contributed by atoms with Crippen molar-refractivity contribution in [2.45, 2.75) is 0 Å². The maximum Gasteiger partial charge on any atom is 0.272 e. The lowest BCUT2D eigenvalue weighted by molar-refractivity contribution is 0.122. The van der Waals surface area contributed by atoms with E-state index >= 15 is 0 Å². The third kappa shape index (κ3) is 2.48. The van der Waals surface area contributed by atoms with Crippen LogP contribution in [0.15, 0.2) is 65.6 Å². The van der Waals surface area contributed by atoms with Gasteiger partial charge in [0.2, 0.25) is 0 Å². The Morgan fingerprint density at radius 3 is 2.50 bits per heavy atom. The predicted octanol–water partition coefficient (Wildman–Crippen LogP) is 3.28. The quantitative estimate of drug-likeness (QED) is 0.606. The summed E-state index contributed by atoms with van der Waals surface area (Å²) in [6, 6.07) is 18.3. The monoisotopic (exact) mass is 345 g/mol. The third-order valence-corrected chi connectivity index (χ3v) is 5.02. The predicted molar refractivity (Wildman–Crippen MR) is 104 cm³/mol. The van der Waals surface area contributed by atoms with Gasteiger partial charge in [0.15, 0.2) is 0 Å². The minimum absolute atomic E-state index is 0.0705.